The van der Waals surface area contributed by atoms with Gasteiger partial charge in [0.1, 0.15) is 11.9 Å². The molecule has 0 amide bonds. The van der Waals surface area contributed by atoms with Crippen LogP contribution < -0.4 is 5.32 Å². The molecule has 0 radical (unpaired) electrons. The van der Waals surface area contributed by atoms with Crippen molar-refractivity contribution in [3.05, 3.63) is 23.5 Å². The van der Waals surface area contributed by atoms with E-state index in [9.17, 15) is 4.79 Å². The average Bonchev–Trinajstić information content (AvgIpc) is 2.27. The van der Waals surface area contributed by atoms with Crippen molar-refractivity contribution in [2.24, 2.45) is 0 Å². The van der Waals surface area contributed by atoms with E-state index in [4.69, 9.17) is 5.11 Å². The quantitative estimate of drug-likeness (QED) is 0.708. The molecule has 0 fully saturated rings. The van der Waals surface area contributed by atoms with E-state index >= 15 is 0 Å². The van der Waals surface area contributed by atoms with Crippen LogP contribution in [0, 0.1) is 0 Å². The molecule has 2 N–H and O–H groups in total. The van der Waals surface area contributed by atoms with Crippen LogP contribution in [0.3, 0.4) is 0 Å². The zero-order valence-electron chi connectivity index (χ0n) is 8.86. The minimum atomic E-state index is -0.774. The number of rotatable bonds is 2. The van der Waals surface area contributed by atoms with E-state index in [0.29, 0.717) is 6.54 Å². The van der Waals surface area contributed by atoms with Crippen LogP contribution in [0.2, 0.25) is 0 Å². The van der Waals surface area contributed by atoms with E-state index in [1.165, 1.54) is 5.57 Å². The molecule has 4 heteroatoms. The van der Waals surface area contributed by atoms with Gasteiger partial charge in [-0.3, -0.25) is 0 Å². The minimum Gasteiger partial charge on any atom is -0.480 e. The van der Waals surface area contributed by atoms with Gasteiger partial charge >= 0.3 is 5.97 Å². The third-order valence-electron chi connectivity index (χ3n) is 2.95. The lowest BCUT2D eigenvalue weighted by atomic mass is 10.0. The van der Waals surface area contributed by atoms with Crippen LogP contribution >= 0.6 is 0 Å². The smallest absolute Gasteiger partial charge is 0.326 e. The van der Waals surface area contributed by atoms with Gasteiger partial charge in [-0.2, -0.15) is 0 Å². The largest absolute Gasteiger partial charge is 0.480 e. The summed E-state index contributed by atoms with van der Waals surface area (Å²) in [5.41, 5.74) is 1.24. The van der Waals surface area contributed by atoms with E-state index in [1.807, 2.05) is 11.0 Å². The van der Waals surface area contributed by atoms with E-state index in [-0.39, 0.29) is 0 Å². The van der Waals surface area contributed by atoms with Gasteiger partial charge in [0, 0.05) is 13.1 Å². The number of aliphatic carboxylic acids is 1. The molecule has 1 atom stereocenters. The summed E-state index contributed by atoms with van der Waals surface area (Å²) in [6.45, 7) is 3.34. The summed E-state index contributed by atoms with van der Waals surface area (Å²) in [6, 6.07) is -0.467. The standard InChI is InChI=1S/C11H16N2O2/c1-8(11(14)15)13-7-3-5-9-4-2-6-12-10(9)13/h3,5,8,12H,2,4,6-7H2,1H3,(H,14,15). The van der Waals surface area contributed by atoms with Gasteiger partial charge in [0.05, 0.1) is 0 Å². The molecule has 4 nitrogen and oxygen atoms in total. The highest BCUT2D eigenvalue weighted by Gasteiger charge is 2.26. The van der Waals surface area contributed by atoms with Gasteiger partial charge in [-0.15, -0.1) is 0 Å². The van der Waals surface area contributed by atoms with Crippen LogP contribution in [0.15, 0.2) is 23.5 Å². The van der Waals surface area contributed by atoms with Crippen LogP contribution in [0.5, 0.6) is 0 Å². The first-order valence-corrected chi connectivity index (χ1v) is 5.33. The Hall–Kier alpha value is -1.45. The lowest BCUT2D eigenvalue weighted by molar-refractivity contribution is -0.141. The minimum absolute atomic E-state index is 0.467. The van der Waals surface area contributed by atoms with Crippen LogP contribution in [-0.2, 0) is 4.79 Å². The maximum Gasteiger partial charge on any atom is 0.326 e. The third kappa shape index (κ3) is 1.84. The Kier molecular flexibility index (Phi) is 2.66. The molecule has 0 saturated heterocycles. The normalized spacial score (nSPS) is 22.1. The zero-order valence-corrected chi connectivity index (χ0v) is 8.86. The van der Waals surface area contributed by atoms with Crippen LogP contribution in [0.1, 0.15) is 19.8 Å². The Bertz CT molecular complexity index is 333. The number of nitrogens with one attached hydrogen (secondary N) is 1. The molecular weight excluding hydrogens is 192 g/mol. The van der Waals surface area contributed by atoms with Crippen molar-refractivity contribution >= 4 is 5.97 Å². The van der Waals surface area contributed by atoms with Crippen molar-refractivity contribution in [1.29, 1.82) is 0 Å². The van der Waals surface area contributed by atoms with Gasteiger partial charge in [-0.05, 0) is 25.3 Å². The van der Waals surface area contributed by atoms with Gasteiger partial charge in [0.25, 0.3) is 0 Å². The summed E-state index contributed by atoms with van der Waals surface area (Å²) in [4.78, 5) is 12.9. The number of hydrogen-bond donors (Lipinski definition) is 2. The zero-order chi connectivity index (χ0) is 10.8. The molecule has 2 heterocycles. The number of carbonyl (C=O) groups is 1. The fourth-order valence-corrected chi connectivity index (χ4v) is 2.05. The highest BCUT2D eigenvalue weighted by Crippen LogP contribution is 2.24. The maximum absolute atomic E-state index is 11.0. The second-order valence-electron chi connectivity index (χ2n) is 3.97. The van der Waals surface area contributed by atoms with E-state index in [1.54, 1.807) is 6.92 Å². The van der Waals surface area contributed by atoms with Crippen LogP contribution in [0.4, 0.5) is 0 Å². The van der Waals surface area contributed by atoms with Crippen LogP contribution in [0.25, 0.3) is 0 Å². The van der Waals surface area contributed by atoms with Crippen molar-refractivity contribution < 1.29 is 9.90 Å². The van der Waals surface area contributed by atoms with Gasteiger partial charge in [0.2, 0.25) is 0 Å². The maximum atomic E-state index is 11.0. The molecule has 1 unspecified atom stereocenters. The first kappa shape index (κ1) is 10.1. The summed E-state index contributed by atoms with van der Waals surface area (Å²) in [7, 11) is 0. The van der Waals surface area contributed by atoms with Gasteiger partial charge in [-0.1, -0.05) is 12.2 Å². The van der Waals surface area contributed by atoms with Crippen molar-refractivity contribution in [3.63, 3.8) is 0 Å². The molecule has 82 valence electrons. The summed E-state index contributed by atoms with van der Waals surface area (Å²) in [5.74, 6) is 0.239. The highest BCUT2D eigenvalue weighted by molar-refractivity contribution is 5.73. The van der Waals surface area contributed by atoms with E-state index in [0.717, 1.165) is 25.2 Å². The van der Waals surface area contributed by atoms with Gasteiger partial charge in [0.15, 0.2) is 0 Å². The van der Waals surface area contributed by atoms with E-state index in [2.05, 4.69) is 11.4 Å². The Morgan fingerprint density at radius 1 is 1.67 bits per heavy atom. The number of carboxylic acid groups (broad SMARTS) is 1. The second-order valence-corrected chi connectivity index (χ2v) is 3.97. The molecule has 2 aliphatic heterocycles. The topological polar surface area (TPSA) is 52.6 Å². The number of nitrogens with zero attached hydrogens (tertiary/aromatic N) is 1. The molecule has 15 heavy (non-hydrogen) atoms. The molecule has 0 bridgehead atoms. The Labute approximate surface area is 89.3 Å². The molecule has 0 aromatic carbocycles. The molecule has 0 aliphatic carbocycles. The molecular formula is C11H16N2O2. The summed E-state index contributed by atoms with van der Waals surface area (Å²) in [5, 5.41) is 12.3. The number of hydrogen-bond acceptors (Lipinski definition) is 3. The third-order valence-corrected chi connectivity index (χ3v) is 2.95. The van der Waals surface area contributed by atoms with Crippen molar-refractivity contribution in [2.45, 2.75) is 25.8 Å². The first-order valence-electron chi connectivity index (χ1n) is 5.33. The lowest BCUT2D eigenvalue weighted by Gasteiger charge is -2.36. The van der Waals surface area contributed by atoms with Crippen molar-refractivity contribution in [1.82, 2.24) is 10.2 Å². The van der Waals surface area contributed by atoms with Crippen LogP contribution in [-0.4, -0.2) is 35.1 Å². The average molecular weight is 208 g/mol. The summed E-state index contributed by atoms with van der Waals surface area (Å²) >= 11 is 0. The summed E-state index contributed by atoms with van der Waals surface area (Å²) < 4.78 is 0. The Balaban J connectivity index is 2.23. The molecule has 2 aliphatic rings. The SMILES string of the molecule is CC(C(=O)O)N1CC=CC2=C1NCCC2. The van der Waals surface area contributed by atoms with Crippen molar-refractivity contribution in [2.75, 3.05) is 13.1 Å². The molecule has 0 aromatic rings. The predicted molar refractivity (Wildman–Crippen MR) is 57.2 cm³/mol. The number of allylic oxidation sites excluding steroid dienone is 2. The van der Waals surface area contributed by atoms with Gasteiger partial charge in [-0.25, -0.2) is 4.79 Å². The highest BCUT2D eigenvalue weighted by atomic mass is 16.4. The molecule has 0 spiro atoms. The Morgan fingerprint density at radius 3 is 3.20 bits per heavy atom. The van der Waals surface area contributed by atoms with E-state index < -0.39 is 12.0 Å². The fourth-order valence-electron chi connectivity index (χ4n) is 2.05. The molecule has 2 rings (SSSR count). The predicted octanol–water partition coefficient (Wildman–Crippen LogP) is 0.926. The molecule has 0 aromatic heterocycles. The van der Waals surface area contributed by atoms with Crippen molar-refractivity contribution in [3.8, 4) is 0 Å². The second kappa shape index (κ2) is 3.96. The summed E-state index contributed by atoms with van der Waals surface area (Å²) in [6.07, 6.45) is 6.30. The number of carboxylic acids is 1. The lowest BCUT2D eigenvalue weighted by Crippen LogP contribution is -2.45. The fraction of sp³-hybridized carbons (Fsp3) is 0.545. The monoisotopic (exact) mass is 208 g/mol. The Morgan fingerprint density at radius 2 is 2.47 bits per heavy atom. The van der Waals surface area contributed by atoms with Gasteiger partial charge < -0.3 is 15.3 Å². The first-order chi connectivity index (χ1) is 7.20. The molecule has 0 saturated carbocycles.